The highest BCUT2D eigenvalue weighted by atomic mass is 32.1. The molecule has 0 aliphatic heterocycles. The number of nitrogens with zero attached hydrogens (tertiary/aromatic N) is 2. The van der Waals surface area contributed by atoms with Crippen molar-refractivity contribution >= 4 is 17.1 Å². The number of carbonyl (C=O) groups excluding carboxylic acids is 1. The molecule has 0 radical (unpaired) electrons. The van der Waals surface area contributed by atoms with Crippen LogP contribution in [-0.4, -0.2) is 17.9 Å². The fraction of sp³-hybridized carbons (Fsp3) is 0.353. The highest BCUT2D eigenvalue weighted by Crippen LogP contribution is 2.29. The number of Topliss-reactive ketones (excluding diaryl/α,β-unsaturated/α-hetero) is 1. The van der Waals surface area contributed by atoms with Crippen molar-refractivity contribution in [2.24, 2.45) is 5.92 Å². The number of thiazole rings is 1. The molecule has 4 nitrogen and oxygen atoms in total. The standard InChI is InChI=1S/C17H18N2O2S/c1-4-11(2)16(20)14(9-18)17-19-15(10-22-17)12-5-7-13(21-3)8-6-12/h5-8,10-11,14H,4H2,1-3H3/t11-,14-/m1/s1. The van der Waals surface area contributed by atoms with Crippen LogP contribution in [0.3, 0.4) is 0 Å². The predicted molar refractivity (Wildman–Crippen MR) is 86.9 cm³/mol. The van der Waals surface area contributed by atoms with E-state index in [0.29, 0.717) is 5.01 Å². The molecule has 0 saturated heterocycles. The average molecular weight is 314 g/mol. The number of benzene rings is 1. The van der Waals surface area contributed by atoms with Gasteiger partial charge in [0.25, 0.3) is 0 Å². The van der Waals surface area contributed by atoms with Crippen molar-refractivity contribution in [3.63, 3.8) is 0 Å². The van der Waals surface area contributed by atoms with Gasteiger partial charge in [-0.15, -0.1) is 11.3 Å². The van der Waals surface area contributed by atoms with Crippen LogP contribution in [-0.2, 0) is 4.79 Å². The third-order valence-electron chi connectivity index (χ3n) is 3.67. The Labute approximate surface area is 134 Å². The van der Waals surface area contributed by atoms with Gasteiger partial charge in [-0.25, -0.2) is 4.98 Å². The second-order valence-corrected chi connectivity index (χ2v) is 5.96. The molecule has 114 valence electrons. The number of ether oxygens (including phenoxy) is 1. The van der Waals surface area contributed by atoms with Crippen molar-refractivity contribution in [2.45, 2.75) is 26.2 Å². The first-order valence-corrected chi connectivity index (χ1v) is 8.01. The molecule has 0 spiro atoms. The van der Waals surface area contributed by atoms with Crippen molar-refractivity contribution in [3.8, 4) is 23.1 Å². The fourth-order valence-corrected chi connectivity index (χ4v) is 2.92. The molecule has 0 aliphatic carbocycles. The Bertz CT molecular complexity index is 685. The molecule has 0 saturated carbocycles. The zero-order valence-electron chi connectivity index (χ0n) is 12.9. The van der Waals surface area contributed by atoms with Crippen LogP contribution in [0.5, 0.6) is 5.75 Å². The maximum absolute atomic E-state index is 12.3. The first-order chi connectivity index (χ1) is 10.6. The summed E-state index contributed by atoms with van der Waals surface area (Å²) < 4.78 is 5.13. The van der Waals surface area contributed by atoms with Gasteiger partial charge in [0.1, 0.15) is 10.8 Å². The SMILES string of the molecule is CC[C@@H](C)C(=O)[C@@H](C#N)c1nc(-c2ccc(OC)cc2)cs1. The van der Waals surface area contributed by atoms with Crippen LogP contribution in [0.1, 0.15) is 31.2 Å². The highest BCUT2D eigenvalue weighted by molar-refractivity contribution is 7.10. The van der Waals surface area contributed by atoms with E-state index in [1.165, 1.54) is 11.3 Å². The van der Waals surface area contributed by atoms with Gasteiger partial charge in [-0.1, -0.05) is 13.8 Å². The van der Waals surface area contributed by atoms with Crippen LogP contribution in [0.4, 0.5) is 0 Å². The minimum absolute atomic E-state index is 0.0550. The number of ketones is 1. The van der Waals surface area contributed by atoms with Gasteiger partial charge in [-0.05, 0) is 30.7 Å². The number of nitriles is 1. The molecule has 2 aromatic rings. The van der Waals surface area contributed by atoms with Crippen molar-refractivity contribution in [1.29, 1.82) is 5.26 Å². The zero-order valence-corrected chi connectivity index (χ0v) is 13.7. The van der Waals surface area contributed by atoms with Crippen molar-refractivity contribution in [2.75, 3.05) is 7.11 Å². The Balaban J connectivity index is 2.26. The van der Waals surface area contributed by atoms with E-state index in [4.69, 9.17) is 4.74 Å². The third kappa shape index (κ3) is 3.34. The summed E-state index contributed by atoms with van der Waals surface area (Å²) in [6.45, 7) is 3.80. The second-order valence-electron chi connectivity index (χ2n) is 5.07. The van der Waals surface area contributed by atoms with E-state index in [-0.39, 0.29) is 11.7 Å². The predicted octanol–water partition coefficient (Wildman–Crippen LogP) is 4.04. The molecule has 1 aromatic heterocycles. The molecule has 22 heavy (non-hydrogen) atoms. The second kappa shape index (κ2) is 7.19. The van der Waals surface area contributed by atoms with E-state index < -0.39 is 5.92 Å². The summed E-state index contributed by atoms with van der Waals surface area (Å²) in [5.74, 6) is -0.174. The first kappa shape index (κ1) is 16.2. The van der Waals surface area contributed by atoms with E-state index in [0.717, 1.165) is 23.4 Å². The minimum atomic E-state index is -0.771. The Kier molecular flexibility index (Phi) is 5.29. The molecule has 2 atom stereocenters. The molecule has 0 aliphatic rings. The lowest BCUT2D eigenvalue weighted by atomic mass is 9.93. The average Bonchev–Trinajstić information content (AvgIpc) is 3.04. The van der Waals surface area contributed by atoms with Gasteiger partial charge in [0, 0.05) is 16.9 Å². The lowest BCUT2D eigenvalue weighted by Gasteiger charge is -2.10. The molecule has 1 aromatic carbocycles. The van der Waals surface area contributed by atoms with Crippen LogP contribution < -0.4 is 4.74 Å². The summed E-state index contributed by atoms with van der Waals surface area (Å²) >= 11 is 1.36. The number of methoxy groups -OCH3 is 1. The van der Waals surface area contributed by atoms with Crippen LogP contribution in [0.25, 0.3) is 11.3 Å². The number of aromatic nitrogens is 1. The number of hydrogen-bond donors (Lipinski definition) is 0. The first-order valence-electron chi connectivity index (χ1n) is 7.13. The van der Waals surface area contributed by atoms with E-state index in [1.54, 1.807) is 7.11 Å². The molecule has 0 amide bonds. The van der Waals surface area contributed by atoms with Gasteiger partial charge in [-0.3, -0.25) is 4.79 Å². The molecule has 2 rings (SSSR count). The summed E-state index contributed by atoms with van der Waals surface area (Å²) in [7, 11) is 1.62. The zero-order chi connectivity index (χ0) is 16.1. The lowest BCUT2D eigenvalue weighted by Crippen LogP contribution is -2.18. The van der Waals surface area contributed by atoms with Gasteiger partial charge >= 0.3 is 0 Å². The number of carbonyl (C=O) groups is 1. The Morgan fingerprint density at radius 1 is 1.41 bits per heavy atom. The molecule has 0 unspecified atom stereocenters. The minimum Gasteiger partial charge on any atom is -0.497 e. The molecule has 0 bridgehead atoms. The molecule has 1 heterocycles. The number of hydrogen-bond acceptors (Lipinski definition) is 5. The number of rotatable bonds is 6. The Hall–Kier alpha value is -2.19. The Morgan fingerprint density at radius 2 is 2.09 bits per heavy atom. The summed E-state index contributed by atoms with van der Waals surface area (Å²) in [6, 6.07) is 9.64. The summed E-state index contributed by atoms with van der Waals surface area (Å²) in [4.78, 5) is 16.7. The van der Waals surface area contributed by atoms with Gasteiger partial charge in [0.2, 0.25) is 0 Å². The maximum atomic E-state index is 12.3. The van der Waals surface area contributed by atoms with E-state index in [1.807, 2.05) is 43.5 Å². The molecule has 0 fully saturated rings. The lowest BCUT2D eigenvalue weighted by molar-refractivity contribution is -0.122. The monoisotopic (exact) mass is 314 g/mol. The smallest absolute Gasteiger partial charge is 0.159 e. The van der Waals surface area contributed by atoms with Crippen molar-refractivity contribution in [3.05, 3.63) is 34.7 Å². The largest absolute Gasteiger partial charge is 0.497 e. The van der Waals surface area contributed by atoms with E-state index in [2.05, 4.69) is 11.1 Å². The van der Waals surface area contributed by atoms with Crippen LogP contribution >= 0.6 is 11.3 Å². The van der Waals surface area contributed by atoms with Gasteiger partial charge in [0.15, 0.2) is 11.7 Å². The summed E-state index contributed by atoms with van der Waals surface area (Å²) in [5, 5.41) is 11.8. The quantitative estimate of drug-likeness (QED) is 0.807. The molecule has 0 N–H and O–H groups in total. The fourth-order valence-electron chi connectivity index (χ4n) is 2.04. The summed E-state index contributed by atoms with van der Waals surface area (Å²) in [6.07, 6.45) is 0.730. The maximum Gasteiger partial charge on any atom is 0.159 e. The van der Waals surface area contributed by atoms with Gasteiger partial charge in [0.05, 0.1) is 18.9 Å². The highest BCUT2D eigenvalue weighted by Gasteiger charge is 2.27. The van der Waals surface area contributed by atoms with Crippen molar-refractivity contribution < 1.29 is 9.53 Å². The van der Waals surface area contributed by atoms with Gasteiger partial charge in [-0.2, -0.15) is 5.26 Å². The van der Waals surface area contributed by atoms with Gasteiger partial charge < -0.3 is 4.74 Å². The third-order valence-corrected chi connectivity index (χ3v) is 4.58. The normalized spacial score (nSPS) is 13.2. The molecular weight excluding hydrogens is 296 g/mol. The Morgan fingerprint density at radius 3 is 2.64 bits per heavy atom. The molecule has 5 heteroatoms. The van der Waals surface area contributed by atoms with E-state index in [9.17, 15) is 10.1 Å². The van der Waals surface area contributed by atoms with E-state index >= 15 is 0 Å². The van der Waals surface area contributed by atoms with Crippen molar-refractivity contribution in [1.82, 2.24) is 4.98 Å². The summed E-state index contributed by atoms with van der Waals surface area (Å²) in [5.41, 5.74) is 1.72. The topological polar surface area (TPSA) is 63.0 Å². The molecular formula is C17H18N2O2S. The van der Waals surface area contributed by atoms with Crippen LogP contribution in [0.15, 0.2) is 29.6 Å². The van der Waals surface area contributed by atoms with Crippen LogP contribution in [0, 0.1) is 17.2 Å². The van der Waals surface area contributed by atoms with Crippen LogP contribution in [0.2, 0.25) is 0 Å².